The molecule has 150 valence electrons. The zero-order chi connectivity index (χ0) is 19.7. The van der Waals surface area contributed by atoms with Crippen molar-refractivity contribution < 1.29 is 22.5 Å². The Labute approximate surface area is 160 Å². The van der Waals surface area contributed by atoms with Crippen LogP contribution in [0, 0.1) is 0 Å². The van der Waals surface area contributed by atoms with Crippen molar-refractivity contribution in [2.45, 2.75) is 43.3 Å². The second-order valence-electron chi connectivity index (χ2n) is 7.45. The van der Waals surface area contributed by atoms with Crippen LogP contribution in [0.4, 0.5) is 13.2 Å². The Morgan fingerprint density at radius 1 is 1.18 bits per heavy atom. The Hall–Kier alpha value is -2.42. The van der Waals surface area contributed by atoms with Gasteiger partial charge in [-0.05, 0) is 43.5 Å². The number of carbonyl (C=O) groups is 1. The van der Waals surface area contributed by atoms with Gasteiger partial charge in [0, 0.05) is 24.9 Å². The van der Waals surface area contributed by atoms with Gasteiger partial charge in [-0.3, -0.25) is 4.79 Å². The molecule has 1 aromatic heterocycles. The van der Waals surface area contributed by atoms with E-state index in [9.17, 15) is 18.0 Å². The molecule has 3 atom stereocenters. The van der Waals surface area contributed by atoms with Crippen LogP contribution in [0.25, 0.3) is 0 Å². The lowest BCUT2D eigenvalue weighted by Gasteiger charge is -2.34. The highest BCUT2D eigenvalue weighted by Gasteiger charge is 2.34. The Kier molecular flexibility index (Phi) is 5.09. The van der Waals surface area contributed by atoms with E-state index in [0.29, 0.717) is 31.2 Å². The van der Waals surface area contributed by atoms with E-state index >= 15 is 0 Å². The number of piperidine rings is 1. The summed E-state index contributed by atoms with van der Waals surface area (Å²) in [7, 11) is 0. The van der Waals surface area contributed by atoms with Gasteiger partial charge in [-0.1, -0.05) is 17.3 Å². The Bertz CT molecular complexity index is 815. The van der Waals surface area contributed by atoms with E-state index in [1.165, 1.54) is 12.1 Å². The van der Waals surface area contributed by atoms with Gasteiger partial charge in [-0.25, -0.2) is 0 Å². The summed E-state index contributed by atoms with van der Waals surface area (Å²) < 4.78 is 43.8. The highest BCUT2D eigenvalue weighted by atomic mass is 19.4. The molecule has 2 fully saturated rings. The first-order valence-electron chi connectivity index (χ1n) is 9.37. The third-order valence-electron chi connectivity index (χ3n) is 5.52. The molecule has 3 unspecified atom stereocenters. The van der Waals surface area contributed by atoms with E-state index in [4.69, 9.17) is 4.52 Å². The normalized spacial score (nSPS) is 25.8. The summed E-state index contributed by atoms with van der Waals surface area (Å²) in [5.41, 5.74) is 0.0912. The van der Waals surface area contributed by atoms with Crippen molar-refractivity contribution in [2.24, 2.45) is 0 Å². The van der Waals surface area contributed by atoms with Crippen molar-refractivity contribution in [2.75, 3.05) is 19.6 Å². The van der Waals surface area contributed by atoms with Crippen LogP contribution >= 0.6 is 0 Å². The SMILES string of the molecule is O=CN1CC(c2ccc(C(F)(F)F)cc2)CC(c2noc(C3CCCN3)n2)C1. The second kappa shape index (κ2) is 7.54. The van der Waals surface area contributed by atoms with Crippen LogP contribution in [0.3, 0.4) is 0 Å². The first-order valence-corrected chi connectivity index (χ1v) is 9.37. The zero-order valence-electron chi connectivity index (χ0n) is 15.2. The topological polar surface area (TPSA) is 71.3 Å². The third kappa shape index (κ3) is 3.89. The lowest BCUT2D eigenvalue weighted by molar-refractivity contribution is -0.137. The summed E-state index contributed by atoms with van der Waals surface area (Å²) in [6.07, 6.45) is -0.949. The minimum absolute atomic E-state index is 0.0673. The maximum Gasteiger partial charge on any atom is 0.416 e. The molecule has 1 N–H and O–H groups in total. The maximum atomic E-state index is 12.8. The number of carbonyl (C=O) groups excluding carboxylic acids is 1. The molecule has 0 bridgehead atoms. The van der Waals surface area contributed by atoms with Crippen molar-refractivity contribution >= 4 is 6.41 Å². The van der Waals surface area contributed by atoms with Crippen LogP contribution in [0.5, 0.6) is 0 Å². The lowest BCUT2D eigenvalue weighted by Crippen LogP contribution is -2.38. The molecule has 0 radical (unpaired) electrons. The molecular weight excluding hydrogens is 373 g/mol. The summed E-state index contributed by atoms with van der Waals surface area (Å²) in [4.78, 5) is 17.6. The van der Waals surface area contributed by atoms with Crippen LogP contribution in [-0.2, 0) is 11.0 Å². The quantitative estimate of drug-likeness (QED) is 0.807. The monoisotopic (exact) mass is 394 g/mol. The summed E-state index contributed by atoms with van der Waals surface area (Å²) in [5, 5.41) is 7.42. The summed E-state index contributed by atoms with van der Waals surface area (Å²) >= 11 is 0. The van der Waals surface area contributed by atoms with Crippen molar-refractivity contribution in [1.29, 1.82) is 0 Å². The molecule has 0 spiro atoms. The number of amides is 1. The van der Waals surface area contributed by atoms with Crippen molar-refractivity contribution in [3.05, 3.63) is 47.1 Å². The molecule has 6 nitrogen and oxygen atoms in total. The highest BCUT2D eigenvalue weighted by Crippen LogP contribution is 2.36. The smallest absolute Gasteiger partial charge is 0.344 e. The minimum Gasteiger partial charge on any atom is -0.344 e. The molecule has 9 heteroatoms. The number of aromatic nitrogens is 2. The fourth-order valence-corrected chi connectivity index (χ4v) is 4.04. The number of nitrogens with one attached hydrogen (secondary N) is 1. The first kappa shape index (κ1) is 18.9. The number of nitrogens with zero attached hydrogens (tertiary/aromatic N) is 3. The molecule has 0 aliphatic carbocycles. The zero-order valence-corrected chi connectivity index (χ0v) is 15.2. The van der Waals surface area contributed by atoms with Crippen LogP contribution in [-0.4, -0.2) is 41.1 Å². The van der Waals surface area contributed by atoms with Gasteiger partial charge in [0.15, 0.2) is 5.82 Å². The maximum absolute atomic E-state index is 12.8. The first-order chi connectivity index (χ1) is 13.4. The van der Waals surface area contributed by atoms with E-state index in [2.05, 4.69) is 15.5 Å². The van der Waals surface area contributed by atoms with Gasteiger partial charge in [0.25, 0.3) is 0 Å². The number of hydrogen-bond acceptors (Lipinski definition) is 5. The van der Waals surface area contributed by atoms with E-state index < -0.39 is 11.7 Å². The Morgan fingerprint density at radius 2 is 1.93 bits per heavy atom. The van der Waals surface area contributed by atoms with Gasteiger partial charge in [0.2, 0.25) is 12.3 Å². The molecule has 1 amide bonds. The molecule has 1 aromatic carbocycles. The molecule has 2 aliphatic rings. The van der Waals surface area contributed by atoms with E-state index in [1.54, 1.807) is 4.90 Å². The highest BCUT2D eigenvalue weighted by molar-refractivity contribution is 5.48. The average Bonchev–Trinajstić information content (AvgIpc) is 3.38. The van der Waals surface area contributed by atoms with E-state index in [0.717, 1.165) is 43.5 Å². The summed E-state index contributed by atoms with van der Waals surface area (Å²) in [6.45, 7) is 1.85. The fraction of sp³-hybridized carbons (Fsp3) is 0.526. The van der Waals surface area contributed by atoms with Gasteiger partial charge in [0.1, 0.15) is 0 Å². The third-order valence-corrected chi connectivity index (χ3v) is 5.52. The van der Waals surface area contributed by atoms with Crippen LogP contribution < -0.4 is 5.32 Å². The number of likely N-dealkylation sites (tertiary alicyclic amines) is 1. The number of rotatable bonds is 4. The van der Waals surface area contributed by atoms with Crippen LogP contribution in [0.2, 0.25) is 0 Å². The number of benzene rings is 1. The number of halogens is 3. The Balaban J connectivity index is 1.52. The van der Waals surface area contributed by atoms with Crippen LogP contribution in [0.1, 0.15) is 60.0 Å². The van der Waals surface area contributed by atoms with Crippen molar-refractivity contribution in [1.82, 2.24) is 20.4 Å². The van der Waals surface area contributed by atoms with E-state index in [1.807, 2.05) is 0 Å². The average molecular weight is 394 g/mol. The van der Waals surface area contributed by atoms with E-state index in [-0.39, 0.29) is 17.9 Å². The molecule has 2 aliphatic heterocycles. The molecule has 28 heavy (non-hydrogen) atoms. The molecule has 2 saturated heterocycles. The van der Waals surface area contributed by atoms with Crippen LogP contribution in [0.15, 0.2) is 28.8 Å². The van der Waals surface area contributed by atoms with Gasteiger partial charge in [-0.2, -0.15) is 18.2 Å². The van der Waals surface area contributed by atoms with Gasteiger partial charge < -0.3 is 14.7 Å². The van der Waals surface area contributed by atoms with Gasteiger partial charge in [-0.15, -0.1) is 0 Å². The molecular formula is C19H21F3N4O2. The predicted octanol–water partition coefficient (Wildman–Crippen LogP) is 3.24. The molecule has 0 saturated carbocycles. The molecule has 4 rings (SSSR count). The summed E-state index contributed by atoms with van der Waals surface area (Å²) in [6, 6.07) is 5.22. The Morgan fingerprint density at radius 3 is 2.57 bits per heavy atom. The number of hydrogen-bond donors (Lipinski definition) is 1. The van der Waals surface area contributed by atoms with Gasteiger partial charge >= 0.3 is 6.18 Å². The molecule has 2 aromatic rings. The second-order valence-corrected chi connectivity index (χ2v) is 7.45. The summed E-state index contributed by atoms with van der Waals surface area (Å²) in [5.74, 6) is 0.900. The molecule has 3 heterocycles. The minimum atomic E-state index is -4.36. The largest absolute Gasteiger partial charge is 0.416 e. The van der Waals surface area contributed by atoms with Gasteiger partial charge in [0.05, 0.1) is 11.6 Å². The van der Waals surface area contributed by atoms with Crippen molar-refractivity contribution in [3.63, 3.8) is 0 Å². The fourth-order valence-electron chi connectivity index (χ4n) is 4.04. The number of alkyl halides is 3. The van der Waals surface area contributed by atoms with Crippen molar-refractivity contribution in [3.8, 4) is 0 Å². The lowest BCUT2D eigenvalue weighted by atomic mass is 9.84. The predicted molar refractivity (Wildman–Crippen MR) is 93.5 cm³/mol. The standard InChI is InChI=1S/C19H21F3N4O2/c20-19(21,22)15-5-3-12(4-6-15)13-8-14(10-26(9-13)11-27)17-24-18(28-25-17)16-2-1-7-23-16/h3-6,11,13-14,16,23H,1-2,7-10H2.